The molecule has 3 rings (SSSR count). The zero-order valence-corrected chi connectivity index (χ0v) is 11.2. The maximum absolute atomic E-state index is 6.13. The summed E-state index contributed by atoms with van der Waals surface area (Å²) in [5.41, 5.74) is 1.96. The van der Waals surface area contributed by atoms with Crippen LogP contribution in [0.4, 0.5) is 0 Å². The fourth-order valence-electron chi connectivity index (χ4n) is 2.37. The maximum Gasteiger partial charge on any atom is 0.107 e. The number of nitrogens with one attached hydrogen (secondary N) is 1. The van der Waals surface area contributed by atoms with Gasteiger partial charge in [0.1, 0.15) is 11.3 Å². The predicted molar refractivity (Wildman–Crippen MR) is 74.9 cm³/mol. The number of hydrogen-bond donors (Lipinski definition) is 1. The molecule has 0 radical (unpaired) electrons. The summed E-state index contributed by atoms with van der Waals surface area (Å²) in [6.45, 7) is 0. The van der Waals surface area contributed by atoms with Crippen LogP contribution in [0.3, 0.4) is 0 Å². The Morgan fingerprint density at radius 3 is 2.94 bits per heavy atom. The topological polar surface area (TPSA) is 28.7 Å². The molecule has 1 aliphatic rings. The van der Waals surface area contributed by atoms with Crippen LogP contribution in [-0.4, -0.2) is 21.5 Å². The number of rotatable bonds is 2. The summed E-state index contributed by atoms with van der Waals surface area (Å²) < 4.78 is 0. The van der Waals surface area contributed by atoms with Gasteiger partial charge in [0.25, 0.3) is 0 Å². The lowest BCUT2D eigenvalue weighted by Crippen LogP contribution is -2.12. The van der Waals surface area contributed by atoms with Crippen molar-refractivity contribution in [2.24, 2.45) is 5.92 Å². The highest BCUT2D eigenvalue weighted by Crippen LogP contribution is 2.27. The zero-order valence-electron chi connectivity index (χ0n) is 9.58. The lowest BCUT2D eigenvalue weighted by atomic mass is 9.99. The monoisotopic (exact) mass is 266 g/mol. The van der Waals surface area contributed by atoms with Crippen LogP contribution in [-0.2, 0) is 6.42 Å². The van der Waals surface area contributed by atoms with Gasteiger partial charge in [0.2, 0.25) is 0 Å². The molecule has 1 saturated heterocycles. The minimum absolute atomic E-state index is 0.740. The van der Waals surface area contributed by atoms with Crippen molar-refractivity contribution in [3.8, 4) is 0 Å². The van der Waals surface area contributed by atoms with E-state index in [4.69, 9.17) is 11.6 Å². The van der Waals surface area contributed by atoms with Crippen LogP contribution in [0.5, 0.6) is 0 Å². The Kier molecular flexibility index (Phi) is 3.30. The highest BCUT2D eigenvalue weighted by atomic mass is 35.5. The molecular weight excluding hydrogens is 252 g/mol. The molecule has 0 spiro atoms. The number of aromatic nitrogens is 2. The van der Waals surface area contributed by atoms with Gasteiger partial charge in [-0.15, -0.1) is 0 Å². The number of para-hydroxylation sites is 1. The Morgan fingerprint density at radius 2 is 2.18 bits per heavy atom. The summed E-state index contributed by atoms with van der Waals surface area (Å²) in [7, 11) is 0. The third-order valence-corrected chi connectivity index (χ3v) is 4.69. The van der Waals surface area contributed by atoms with Crippen molar-refractivity contribution >= 4 is 34.4 Å². The molecule has 0 aliphatic carbocycles. The predicted octanol–water partition coefficient (Wildman–Crippen LogP) is 3.90. The molecule has 0 unspecified atom stereocenters. The third kappa shape index (κ3) is 2.45. The number of hydrogen-bond acceptors (Lipinski definition) is 2. The molecule has 0 amide bonds. The molecule has 2 nitrogen and oxygen atoms in total. The molecule has 1 aromatic heterocycles. The van der Waals surface area contributed by atoms with Crippen molar-refractivity contribution < 1.29 is 0 Å². The SMILES string of the molecule is Clc1cccc2[nH]c(CC3CCSCC3)nc12. The molecule has 0 bridgehead atoms. The van der Waals surface area contributed by atoms with Crippen molar-refractivity contribution in [1.82, 2.24) is 9.97 Å². The van der Waals surface area contributed by atoms with Gasteiger partial charge < -0.3 is 4.98 Å². The number of thioether (sulfide) groups is 1. The van der Waals surface area contributed by atoms with E-state index in [9.17, 15) is 0 Å². The normalized spacial score (nSPS) is 17.7. The molecule has 1 aromatic carbocycles. The first-order chi connectivity index (χ1) is 8.33. The Hall–Kier alpha value is -0.670. The third-order valence-electron chi connectivity index (χ3n) is 3.34. The Balaban J connectivity index is 1.83. The summed E-state index contributed by atoms with van der Waals surface area (Å²) in [5.74, 6) is 4.47. The van der Waals surface area contributed by atoms with Gasteiger partial charge in [-0.2, -0.15) is 11.8 Å². The number of imidazole rings is 1. The maximum atomic E-state index is 6.13. The number of benzene rings is 1. The van der Waals surface area contributed by atoms with Gasteiger partial charge in [-0.3, -0.25) is 0 Å². The average Bonchev–Trinajstić information content (AvgIpc) is 2.74. The Bertz CT molecular complexity index is 517. The van der Waals surface area contributed by atoms with Gasteiger partial charge in [0, 0.05) is 6.42 Å². The molecule has 4 heteroatoms. The molecule has 1 aliphatic heterocycles. The van der Waals surface area contributed by atoms with Gasteiger partial charge in [-0.25, -0.2) is 4.98 Å². The van der Waals surface area contributed by atoms with E-state index in [2.05, 4.69) is 21.7 Å². The Labute approximate surface area is 110 Å². The molecule has 2 heterocycles. The van der Waals surface area contributed by atoms with Crippen LogP contribution in [0.2, 0.25) is 5.02 Å². The fraction of sp³-hybridized carbons (Fsp3) is 0.462. The van der Waals surface area contributed by atoms with Crippen LogP contribution in [0.25, 0.3) is 11.0 Å². The first kappa shape index (κ1) is 11.4. The van der Waals surface area contributed by atoms with Gasteiger partial charge in [-0.1, -0.05) is 17.7 Å². The fourth-order valence-corrected chi connectivity index (χ4v) is 3.79. The summed E-state index contributed by atoms with van der Waals surface area (Å²) in [6, 6.07) is 5.89. The van der Waals surface area contributed by atoms with Crippen LogP contribution in [0, 0.1) is 5.92 Å². The second-order valence-electron chi connectivity index (χ2n) is 4.58. The summed E-state index contributed by atoms with van der Waals surface area (Å²) in [5, 5.41) is 0.740. The number of nitrogens with zero attached hydrogens (tertiary/aromatic N) is 1. The van der Waals surface area contributed by atoms with E-state index in [1.807, 2.05) is 18.2 Å². The second-order valence-corrected chi connectivity index (χ2v) is 6.21. The zero-order chi connectivity index (χ0) is 11.7. The van der Waals surface area contributed by atoms with E-state index in [0.29, 0.717) is 0 Å². The van der Waals surface area contributed by atoms with Crippen LogP contribution in [0.1, 0.15) is 18.7 Å². The minimum atomic E-state index is 0.740. The molecule has 0 saturated carbocycles. The van der Waals surface area contributed by atoms with Gasteiger partial charge in [-0.05, 0) is 42.4 Å². The number of aromatic amines is 1. The van der Waals surface area contributed by atoms with E-state index in [1.54, 1.807) is 0 Å². The van der Waals surface area contributed by atoms with Crippen LogP contribution < -0.4 is 0 Å². The van der Waals surface area contributed by atoms with Crippen LogP contribution in [0.15, 0.2) is 18.2 Å². The summed E-state index contributed by atoms with van der Waals surface area (Å²) in [6.07, 6.45) is 3.69. The lowest BCUT2D eigenvalue weighted by Gasteiger charge is -2.19. The van der Waals surface area contributed by atoms with Crippen LogP contribution >= 0.6 is 23.4 Å². The van der Waals surface area contributed by atoms with Crippen molar-refractivity contribution in [1.29, 1.82) is 0 Å². The molecular formula is C13H15ClN2S. The first-order valence-electron chi connectivity index (χ1n) is 6.04. The van der Waals surface area contributed by atoms with E-state index < -0.39 is 0 Å². The quantitative estimate of drug-likeness (QED) is 0.893. The number of fused-ring (bicyclic) bond motifs is 1. The van der Waals surface area contributed by atoms with Crippen molar-refractivity contribution in [3.05, 3.63) is 29.0 Å². The smallest absolute Gasteiger partial charge is 0.107 e. The highest BCUT2D eigenvalue weighted by Gasteiger charge is 2.16. The van der Waals surface area contributed by atoms with E-state index in [1.165, 1.54) is 24.3 Å². The first-order valence-corrected chi connectivity index (χ1v) is 7.57. The minimum Gasteiger partial charge on any atom is -0.342 e. The largest absolute Gasteiger partial charge is 0.342 e. The standard InChI is InChI=1S/C13H15ClN2S/c14-10-2-1-3-11-13(10)16-12(15-11)8-9-4-6-17-7-5-9/h1-3,9H,4-8H2,(H,15,16). The van der Waals surface area contributed by atoms with Crippen molar-refractivity contribution in [2.75, 3.05) is 11.5 Å². The van der Waals surface area contributed by atoms with E-state index in [0.717, 1.165) is 34.2 Å². The second kappa shape index (κ2) is 4.91. The number of halogens is 1. The molecule has 17 heavy (non-hydrogen) atoms. The van der Waals surface area contributed by atoms with E-state index in [-0.39, 0.29) is 0 Å². The Morgan fingerprint density at radius 1 is 1.35 bits per heavy atom. The van der Waals surface area contributed by atoms with Crippen molar-refractivity contribution in [2.45, 2.75) is 19.3 Å². The van der Waals surface area contributed by atoms with Crippen molar-refractivity contribution in [3.63, 3.8) is 0 Å². The average molecular weight is 267 g/mol. The van der Waals surface area contributed by atoms with E-state index >= 15 is 0 Å². The van der Waals surface area contributed by atoms with Gasteiger partial charge >= 0.3 is 0 Å². The lowest BCUT2D eigenvalue weighted by molar-refractivity contribution is 0.478. The van der Waals surface area contributed by atoms with Gasteiger partial charge in [0.15, 0.2) is 0 Å². The molecule has 0 atom stereocenters. The number of H-pyrrole nitrogens is 1. The molecule has 90 valence electrons. The highest BCUT2D eigenvalue weighted by molar-refractivity contribution is 7.99. The summed E-state index contributed by atoms with van der Waals surface area (Å²) >= 11 is 8.19. The van der Waals surface area contributed by atoms with Gasteiger partial charge in [0.05, 0.1) is 10.5 Å². The molecule has 1 fully saturated rings. The summed E-state index contributed by atoms with van der Waals surface area (Å²) in [4.78, 5) is 7.99. The molecule has 2 aromatic rings. The molecule has 1 N–H and O–H groups in total.